The summed E-state index contributed by atoms with van der Waals surface area (Å²) in [4.78, 5) is 14.1. The minimum absolute atomic E-state index is 0. The Bertz CT molecular complexity index is 717. The van der Waals surface area contributed by atoms with Crippen LogP contribution < -0.4 is 10.1 Å². The molecule has 6 nitrogen and oxygen atoms in total. The molecule has 2 aromatic rings. The third kappa shape index (κ3) is 5.94. The number of rotatable bonds is 7. The molecule has 1 amide bonds. The van der Waals surface area contributed by atoms with E-state index in [-0.39, 0.29) is 24.1 Å². The smallest absolute Gasteiger partial charge is 0.274 e. The largest absolute Gasteiger partial charge is 0.494 e. The number of hydrogen-bond donors (Lipinski definition) is 1. The number of carbonyl (C=O) groups is 1. The van der Waals surface area contributed by atoms with Gasteiger partial charge >= 0.3 is 0 Å². The van der Waals surface area contributed by atoms with Gasteiger partial charge in [-0.05, 0) is 56.1 Å². The lowest BCUT2D eigenvalue weighted by atomic mass is 10.1. The van der Waals surface area contributed by atoms with Gasteiger partial charge in [0.05, 0.1) is 12.6 Å². The van der Waals surface area contributed by atoms with Crippen molar-refractivity contribution in [3.63, 3.8) is 0 Å². The van der Waals surface area contributed by atoms with E-state index >= 15 is 0 Å². The van der Waals surface area contributed by atoms with Crippen molar-refractivity contribution >= 4 is 18.3 Å². The topological polar surface area (TPSA) is 59.4 Å². The average molecular weight is 397 g/mol. The van der Waals surface area contributed by atoms with Crippen molar-refractivity contribution in [2.24, 2.45) is 0 Å². The van der Waals surface area contributed by atoms with E-state index in [0.29, 0.717) is 37.1 Å². The molecule has 2 heterocycles. The number of aromatic nitrogens is 2. The maximum atomic E-state index is 12.8. The Morgan fingerprint density at radius 3 is 2.85 bits per heavy atom. The zero-order valence-corrected chi connectivity index (χ0v) is 16.3. The van der Waals surface area contributed by atoms with Gasteiger partial charge in [-0.1, -0.05) is 0 Å². The van der Waals surface area contributed by atoms with Crippen LogP contribution in [0.15, 0.2) is 36.5 Å². The third-order valence-electron chi connectivity index (χ3n) is 4.54. The summed E-state index contributed by atoms with van der Waals surface area (Å²) in [5.41, 5.74) is 0.470. The summed E-state index contributed by atoms with van der Waals surface area (Å²) in [5.74, 6) is 0.251. The summed E-state index contributed by atoms with van der Waals surface area (Å²) in [6.07, 6.45) is 4.78. The highest BCUT2D eigenvalue weighted by Gasteiger charge is 2.19. The average Bonchev–Trinajstić information content (AvgIpc) is 3.17. The number of halogens is 2. The molecule has 27 heavy (non-hydrogen) atoms. The molecule has 0 aliphatic carbocycles. The maximum Gasteiger partial charge on any atom is 0.274 e. The predicted octanol–water partition coefficient (Wildman–Crippen LogP) is 2.91. The van der Waals surface area contributed by atoms with Gasteiger partial charge in [0, 0.05) is 26.3 Å². The molecule has 0 spiro atoms. The predicted molar refractivity (Wildman–Crippen MR) is 104 cm³/mol. The van der Waals surface area contributed by atoms with Crippen LogP contribution in [0.25, 0.3) is 0 Å². The van der Waals surface area contributed by atoms with E-state index in [4.69, 9.17) is 4.74 Å². The molecule has 0 saturated carbocycles. The van der Waals surface area contributed by atoms with Gasteiger partial charge < -0.3 is 15.0 Å². The van der Waals surface area contributed by atoms with Crippen LogP contribution >= 0.6 is 12.4 Å². The fourth-order valence-corrected chi connectivity index (χ4v) is 3.03. The maximum absolute atomic E-state index is 12.8. The highest BCUT2D eigenvalue weighted by Crippen LogP contribution is 2.16. The van der Waals surface area contributed by atoms with Gasteiger partial charge in [0.15, 0.2) is 0 Å². The van der Waals surface area contributed by atoms with E-state index in [1.54, 1.807) is 30.1 Å². The van der Waals surface area contributed by atoms with E-state index in [0.717, 1.165) is 25.9 Å². The Balaban J connectivity index is 0.00000261. The van der Waals surface area contributed by atoms with Crippen LogP contribution in [0, 0.1) is 5.82 Å². The van der Waals surface area contributed by atoms with Crippen molar-refractivity contribution in [2.75, 3.05) is 33.3 Å². The van der Waals surface area contributed by atoms with Crippen molar-refractivity contribution < 1.29 is 13.9 Å². The van der Waals surface area contributed by atoms with Gasteiger partial charge in [-0.2, -0.15) is 5.10 Å². The van der Waals surface area contributed by atoms with Gasteiger partial charge in [0.25, 0.3) is 5.91 Å². The van der Waals surface area contributed by atoms with Gasteiger partial charge in [-0.3, -0.25) is 9.48 Å². The molecule has 148 valence electrons. The molecular formula is C19H26ClFN4O2. The van der Waals surface area contributed by atoms with Crippen LogP contribution in [0.5, 0.6) is 5.75 Å². The summed E-state index contributed by atoms with van der Waals surface area (Å²) in [6.45, 7) is 2.97. The van der Waals surface area contributed by atoms with Crippen molar-refractivity contribution in [1.82, 2.24) is 20.0 Å². The van der Waals surface area contributed by atoms with E-state index < -0.39 is 0 Å². The second-order valence-corrected chi connectivity index (χ2v) is 6.56. The number of nitrogens with one attached hydrogen (secondary N) is 1. The zero-order valence-electron chi connectivity index (χ0n) is 15.4. The SMILES string of the molecule is CN(CCCOc1ccc(F)cc1)C(=O)c1ccn(C2CCCNC2)n1.Cl. The number of amides is 1. The quantitative estimate of drug-likeness (QED) is 0.731. The van der Waals surface area contributed by atoms with Crippen molar-refractivity contribution in [3.05, 3.63) is 48.0 Å². The molecule has 1 N–H and O–H groups in total. The summed E-state index contributed by atoms with van der Waals surface area (Å²) in [6, 6.07) is 8.02. The Kier molecular flexibility index (Phi) is 8.06. The van der Waals surface area contributed by atoms with Crippen LogP contribution in [0.3, 0.4) is 0 Å². The van der Waals surface area contributed by atoms with Gasteiger partial charge in [0.2, 0.25) is 0 Å². The Labute approximate surface area is 165 Å². The van der Waals surface area contributed by atoms with Crippen molar-refractivity contribution in [2.45, 2.75) is 25.3 Å². The van der Waals surface area contributed by atoms with E-state index in [2.05, 4.69) is 10.4 Å². The first-order chi connectivity index (χ1) is 12.6. The van der Waals surface area contributed by atoms with Gasteiger partial charge in [0.1, 0.15) is 17.3 Å². The minimum Gasteiger partial charge on any atom is -0.494 e. The Hall–Kier alpha value is -2.12. The van der Waals surface area contributed by atoms with Gasteiger partial charge in [-0.15, -0.1) is 12.4 Å². The molecule has 1 aromatic heterocycles. The highest BCUT2D eigenvalue weighted by molar-refractivity contribution is 5.92. The summed E-state index contributed by atoms with van der Waals surface area (Å²) >= 11 is 0. The second kappa shape index (κ2) is 10.3. The molecule has 0 bridgehead atoms. The standard InChI is InChI=1S/C19H25FN4O2.ClH/c1-23(11-3-13-26-17-7-5-15(20)6-8-17)19(25)18-9-12-24(22-18)16-4-2-10-21-14-16;/h5-9,12,16,21H,2-4,10-11,13-14H2,1H3;1H. The molecule has 1 aliphatic heterocycles. The number of nitrogens with zero attached hydrogens (tertiary/aromatic N) is 3. The first-order valence-corrected chi connectivity index (χ1v) is 9.03. The van der Waals surface area contributed by atoms with Crippen LogP contribution in [0.1, 0.15) is 35.8 Å². The molecule has 1 atom stereocenters. The fraction of sp³-hybridized carbons (Fsp3) is 0.474. The first kappa shape index (κ1) is 21.2. The summed E-state index contributed by atoms with van der Waals surface area (Å²) in [5, 5.41) is 7.81. The lowest BCUT2D eigenvalue weighted by molar-refractivity contribution is 0.0780. The number of ether oxygens (including phenoxy) is 1. The van der Waals surface area contributed by atoms with Gasteiger partial charge in [-0.25, -0.2) is 4.39 Å². The molecular weight excluding hydrogens is 371 g/mol. The van der Waals surface area contributed by atoms with E-state index in [1.165, 1.54) is 12.1 Å². The lowest BCUT2D eigenvalue weighted by Gasteiger charge is -2.23. The summed E-state index contributed by atoms with van der Waals surface area (Å²) < 4.78 is 20.3. The molecule has 1 aromatic carbocycles. The highest BCUT2D eigenvalue weighted by atomic mass is 35.5. The molecule has 1 saturated heterocycles. The lowest BCUT2D eigenvalue weighted by Crippen LogP contribution is -2.32. The monoisotopic (exact) mass is 396 g/mol. The van der Waals surface area contributed by atoms with Crippen LogP contribution in [-0.2, 0) is 0 Å². The molecule has 1 aliphatic rings. The van der Waals surface area contributed by atoms with E-state index in [9.17, 15) is 9.18 Å². The Morgan fingerprint density at radius 2 is 2.15 bits per heavy atom. The summed E-state index contributed by atoms with van der Waals surface area (Å²) in [7, 11) is 1.77. The van der Waals surface area contributed by atoms with E-state index in [1.807, 2.05) is 10.9 Å². The molecule has 1 fully saturated rings. The number of carbonyl (C=O) groups excluding carboxylic acids is 1. The van der Waals surface area contributed by atoms with Crippen LogP contribution in [-0.4, -0.2) is 53.9 Å². The van der Waals surface area contributed by atoms with Crippen molar-refractivity contribution in [1.29, 1.82) is 0 Å². The first-order valence-electron chi connectivity index (χ1n) is 9.03. The normalized spacial score (nSPS) is 16.4. The molecule has 8 heteroatoms. The second-order valence-electron chi connectivity index (χ2n) is 6.56. The third-order valence-corrected chi connectivity index (χ3v) is 4.54. The molecule has 1 unspecified atom stereocenters. The van der Waals surface area contributed by atoms with Crippen LogP contribution in [0.2, 0.25) is 0 Å². The molecule has 3 rings (SSSR count). The van der Waals surface area contributed by atoms with Crippen LogP contribution in [0.4, 0.5) is 4.39 Å². The number of hydrogen-bond acceptors (Lipinski definition) is 4. The number of benzene rings is 1. The minimum atomic E-state index is -0.286. The number of piperidine rings is 1. The van der Waals surface area contributed by atoms with Crippen molar-refractivity contribution in [3.8, 4) is 5.75 Å². The molecule has 0 radical (unpaired) electrons. The zero-order chi connectivity index (χ0) is 18.4. The fourth-order valence-electron chi connectivity index (χ4n) is 3.03. The Morgan fingerprint density at radius 1 is 1.37 bits per heavy atom.